The van der Waals surface area contributed by atoms with Gasteiger partial charge in [0.1, 0.15) is 0 Å². The summed E-state index contributed by atoms with van der Waals surface area (Å²) in [5.74, 6) is 1.34. The maximum atomic E-state index is 12.1. The molecular weight excluding hydrogens is 200 g/mol. The molecule has 1 saturated carbocycles. The first kappa shape index (κ1) is 8.62. The Labute approximate surface area is 94.2 Å². The quantitative estimate of drug-likeness (QED) is 0.666. The average Bonchev–Trinajstić information content (AvgIpc) is 3.01. The van der Waals surface area contributed by atoms with E-state index in [1.165, 1.54) is 5.56 Å². The van der Waals surface area contributed by atoms with Crippen molar-refractivity contribution in [2.24, 2.45) is 11.8 Å². The van der Waals surface area contributed by atoms with Crippen LogP contribution < -0.4 is 10.6 Å². The second kappa shape index (κ2) is 2.59. The number of anilines is 2. The predicted molar refractivity (Wildman–Crippen MR) is 62.0 cm³/mol. The van der Waals surface area contributed by atoms with Gasteiger partial charge in [0.25, 0.3) is 0 Å². The largest absolute Gasteiger partial charge is 0.399 e. The van der Waals surface area contributed by atoms with Gasteiger partial charge in [0, 0.05) is 23.3 Å². The molecule has 3 aliphatic rings. The van der Waals surface area contributed by atoms with Crippen molar-refractivity contribution in [3.05, 3.63) is 23.8 Å². The fourth-order valence-electron chi connectivity index (χ4n) is 3.44. The van der Waals surface area contributed by atoms with Gasteiger partial charge in [0.2, 0.25) is 5.91 Å². The van der Waals surface area contributed by atoms with Gasteiger partial charge in [-0.15, -0.1) is 0 Å². The van der Waals surface area contributed by atoms with E-state index >= 15 is 0 Å². The van der Waals surface area contributed by atoms with Gasteiger partial charge in [-0.25, -0.2) is 0 Å². The smallest absolute Gasteiger partial charge is 0.230 e. The first-order valence-corrected chi connectivity index (χ1v) is 5.97. The van der Waals surface area contributed by atoms with E-state index < -0.39 is 0 Å². The third-order valence-electron chi connectivity index (χ3n) is 4.29. The van der Waals surface area contributed by atoms with Crippen LogP contribution in [-0.2, 0) is 11.2 Å². The van der Waals surface area contributed by atoms with Gasteiger partial charge in [0.15, 0.2) is 0 Å². The number of aryl methyl sites for hydroxylation is 1. The minimum absolute atomic E-state index is 0.341. The molecule has 3 heteroatoms. The number of amides is 1. The van der Waals surface area contributed by atoms with Crippen molar-refractivity contribution in [2.75, 3.05) is 10.6 Å². The lowest BCUT2D eigenvalue weighted by molar-refractivity contribution is -0.118. The minimum Gasteiger partial charge on any atom is -0.399 e. The monoisotopic (exact) mass is 214 g/mol. The number of carbonyl (C=O) groups is 1. The van der Waals surface area contributed by atoms with E-state index in [2.05, 4.69) is 0 Å². The highest BCUT2D eigenvalue weighted by Crippen LogP contribution is 2.55. The molecule has 2 fully saturated rings. The number of benzene rings is 1. The lowest BCUT2D eigenvalue weighted by Gasteiger charge is -2.34. The normalized spacial score (nSPS) is 34.4. The third-order valence-corrected chi connectivity index (χ3v) is 4.29. The molecule has 0 spiro atoms. The number of piperidine rings is 1. The molecule has 4 rings (SSSR count). The number of nitrogens with two attached hydrogens (primary N) is 1. The van der Waals surface area contributed by atoms with Gasteiger partial charge >= 0.3 is 0 Å². The predicted octanol–water partition coefficient (Wildman–Crippen LogP) is 1.57. The van der Waals surface area contributed by atoms with Crippen LogP contribution in [-0.4, -0.2) is 11.9 Å². The van der Waals surface area contributed by atoms with Crippen LogP contribution in [0.25, 0.3) is 0 Å². The standard InChI is InChI=1S/C13H14N2O/c14-8-2-4-11-7(5-8)1-3-12-9-6-10(9)13(16)15(11)12/h2,4-5,9-10,12H,1,3,6,14H2. The van der Waals surface area contributed by atoms with Gasteiger partial charge < -0.3 is 10.6 Å². The van der Waals surface area contributed by atoms with E-state index in [1.807, 2.05) is 23.1 Å². The summed E-state index contributed by atoms with van der Waals surface area (Å²) in [5.41, 5.74) is 8.94. The number of hydrogen-bond donors (Lipinski definition) is 1. The Hall–Kier alpha value is -1.51. The van der Waals surface area contributed by atoms with Gasteiger partial charge in [-0.3, -0.25) is 4.79 Å². The summed E-state index contributed by atoms with van der Waals surface area (Å²) >= 11 is 0. The molecule has 0 aromatic heterocycles. The Kier molecular flexibility index (Phi) is 1.40. The second-order valence-electron chi connectivity index (χ2n) is 5.21. The lowest BCUT2D eigenvalue weighted by atomic mass is 9.94. The van der Waals surface area contributed by atoms with Gasteiger partial charge in [-0.2, -0.15) is 0 Å². The van der Waals surface area contributed by atoms with Gasteiger partial charge in [0.05, 0.1) is 0 Å². The van der Waals surface area contributed by atoms with Crippen LogP contribution in [0.15, 0.2) is 18.2 Å². The SMILES string of the molecule is Nc1ccc2c(c1)CCC1C3CC3C(=O)N21. The third kappa shape index (κ3) is 0.913. The van der Waals surface area contributed by atoms with E-state index in [-0.39, 0.29) is 0 Å². The van der Waals surface area contributed by atoms with E-state index in [1.54, 1.807) is 0 Å². The Morgan fingerprint density at radius 2 is 2.25 bits per heavy atom. The molecule has 2 heterocycles. The molecule has 2 N–H and O–H groups in total. The molecule has 2 aliphatic heterocycles. The summed E-state index contributed by atoms with van der Waals surface area (Å²) in [6.45, 7) is 0. The van der Waals surface area contributed by atoms with Crippen LogP contribution in [0.2, 0.25) is 0 Å². The Bertz CT molecular complexity index is 497. The number of fused-ring (bicyclic) bond motifs is 5. The van der Waals surface area contributed by atoms with E-state index in [9.17, 15) is 4.79 Å². The highest BCUT2D eigenvalue weighted by Gasteiger charge is 2.59. The number of carbonyl (C=O) groups excluding carboxylic acids is 1. The summed E-state index contributed by atoms with van der Waals surface area (Å²) in [7, 11) is 0. The van der Waals surface area contributed by atoms with Crippen molar-refractivity contribution in [1.82, 2.24) is 0 Å². The van der Waals surface area contributed by atoms with E-state index in [4.69, 9.17) is 5.73 Å². The minimum atomic E-state index is 0.341. The maximum Gasteiger partial charge on any atom is 0.230 e. The molecule has 0 radical (unpaired) electrons. The number of rotatable bonds is 0. The average molecular weight is 214 g/mol. The van der Waals surface area contributed by atoms with Crippen LogP contribution in [0.4, 0.5) is 11.4 Å². The van der Waals surface area contributed by atoms with Crippen LogP contribution in [0.5, 0.6) is 0 Å². The van der Waals surface area contributed by atoms with Gasteiger partial charge in [-0.1, -0.05) is 0 Å². The molecular formula is C13H14N2O. The second-order valence-corrected chi connectivity index (χ2v) is 5.21. The lowest BCUT2D eigenvalue weighted by Crippen LogP contribution is -2.40. The fraction of sp³-hybridized carbons (Fsp3) is 0.462. The maximum absolute atomic E-state index is 12.1. The molecule has 1 aromatic rings. The Balaban J connectivity index is 1.85. The summed E-state index contributed by atoms with van der Waals surface area (Å²) < 4.78 is 0. The zero-order chi connectivity index (χ0) is 10.9. The Morgan fingerprint density at radius 1 is 1.38 bits per heavy atom. The summed E-state index contributed by atoms with van der Waals surface area (Å²) in [5, 5.41) is 0. The highest BCUT2D eigenvalue weighted by molar-refractivity contribution is 6.02. The van der Waals surface area contributed by atoms with Crippen LogP contribution in [0.3, 0.4) is 0 Å². The van der Waals surface area contributed by atoms with Crippen molar-refractivity contribution in [1.29, 1.82) is 0 Å². The van der Waals surface area contributed by atoms with Crippen molar-refractivity contribution in [3.63, 3.8) is 0 Å². The number of nitrogens with zero attached hydrogens (tertiary/aromatic N) is 1. The molecule has 3 atom stereocenters. The first-order chi connectivity index (χ1) is 7.75. The zero-order valence-corrected chi connectivity index (χ0v) is 9.02. The zero-order valence-electron chi connectivity index (χ0n) is 9.02. The summed E-state index contributed by atoms with van der Waals surface area (Å²) in [4.78, 5) is 14.2. The Morgan fingerprint density at radius 3 is 3.12 bits per heavy atom. The van der Waals surface area contributed by atoms with Crippen molar-refractivity contribution >= 4 is 17.3 Å². The summed E-state index contributed by atoms with van der Waals surface area (Å²) in [6.07, 6.45) is 3.31. The topological polar surface area (TPSA) is 46.3 Å². The molecule has 16 heavy (non-hydrogen) atoms. The molecule has 1 amide bonds. The van der Waals surface area contributed by atoms with Crippen LogP contribution in [0, 0.1) is 11.8 Å². The van der Waals surface area contributed by atoms with Crippen LogP contribution >= 0.6 is 0 Å². The molecule has 1 saturated heterocycles. The first-order valence-electron chi connectivity index (χ1n) is 5.97. The number of nitrogen functional groups attached to an aromatic ring is 1. The van der Waals surface area contributed by atoms with Crippen molar-refractivity contribution in [3.8, 4) is 0 Å². The van der Waals surface area contributed by atoms with E-state index in [0.29, 0.717) is 23.8 Å². The van der Waals surface area contributed by atoms with Crippen molar-refractivity contribution < 1.29 is 4.79 Å². The highest BCUT2D eigenvalue weighted by atomic mass is 16.2. The molecule has 82 valence electrons. The molecule has 1 aliphatic carbocycles. The fourth-order valence-corrected chi connectivity index (χ4v) is 3.44. The van der Waals surface area contributed by atoms with E-state index in [0.717, 1.165) is 30.6 Å². The molecule has 1 aromatic carbocycles. The van der Waals surface area contributed by atoms with Gasteiger partial charge in [-0.05, 0) is 48.9 Å². The van der Waals surface area contributed by atoms with Crippen LogP contribution in [0.1, 0.15) is 18.4 Å². The molecule has 0 bridgehead atoms. The number of hydrogen-bond acceptors (Lipinski definition) is 2. The molecule has 3 unspecified atom stereocenters. The molecule has 3 nitrogen and oxygen atoms in total. The summed E-state index contributed by atoms with van der Waals surface area (Å²) in [6, 6.07) is 6.41. The van der Waals surface area contributed by atoms with Crippen molar-refractivity contribution in [2.45, 2.75) is 25.3 Å².